The maximum absolute atomic E-state index is 13.2. The molecule has 1 atom stereocenters. The van der Waals surface area contributed by atoms with Gasteiger partial charge in [-0.2, -0.15) is 0 Å². The molecule has 5 heteroatoms. The third kappa shape index (κ3) is 2.04. The van der Waals surface area contributed by atoms with Crippen LogP contribution in [-0.4, -0.2) is 19.4 Å². The molecule has 0 spiro atoms. The number of nitrogens with two attached hydrogens (primary N) is 1. The minimum absolute atomic E-state index is 0.0737. The summed E-state index contributed by atoms with van der Waals surface area (Å²) in [6, 6.07) is 4.52. The molecule has 0 amide bonds. The van der Waals surface area contributed by atoms with Crippen LogP contribution in [0.5, 0.6) is 0 Å². The topological polar surface area (TPSA) is 60.2 Å². The quantitative estimate of drug-likeness (QED) is 0.801. The van der Waals surface area contributed by atoms with Crippen LogP contribution in [0.4, 0.5) is 10.1 Å². The van der Waals surface area contributed by atoms with E-state index in [1.54, 1.807) is 12.1 Å². The van der Waals surface area contributed by atoms with E-state index in [0.717, 1.165) is 0 Å². The Balaban J connectivity index is 2.25. The molecule has 1 heterocycles. The molecule has 16 heavy (non-hydrogen) atoms. The van der Waals surface area contributed by atoms with Crippen LogP contribution in [0.15, 0.2) is 18.2 Å². The Bertz CT molecular complexity index is 499. The molecular weight excluding hydrogens is 229 g/mol. The van der Waals surface area contributed by atoms with Crippen molar-refractivity contribution in [2.24, 2.45) is 0 Å². The van der Waals surface area contributed by atoms with Gasteiger partial charge in [-0.1, -0.05) is 12.1 Å². The summed E-state index contributed by atoms with van der Waals surface area (Å²) in [4.78, 5) is 0. The molecule has 0 aliphatic carbocycles. The van der Waals surface area contributed by atoms with Crippen molar-refractivity contribution in [2.75, 3.05) is 11.5 Å². The minimum Gasteiger partial charge on any atom is -0.396 e. The van der Waals surface area contributed by atoms with E-state index in [1.165, 1.54) is 6.07 Å². The first-order valence-electron chi connectivity index (χ1n) is 5.25. The molecule has 3 nitrogen and oxygen atoms in total. The summed E-state index contributed by atoms with van der Waals surface area (Å²) < 4.78 is 36.4. The first-order chi connectivity index (χ1) is 7.50. The fourth-order valence-corrected chi connectivity index (χ4v) is 3.95. The van der Waals surface area contributed by atoms with E-state index in [-0.39, 0.29) is 11.4 Å². The van der Waals surface area contributed by atoms with Gasteiger partial charge in [0.25, 0.3) is 0 Å². The number of halogens is 1. The Labute approximate surface area is 94.4 Å². The third-order valence-electron chi connectivity index (χ3n) is 3.05. The zero-order valence-corrected chi connectivity index (χ0v) is 9.63. The van der Waals surface area contributed by atoms with Crippen molar-refractivity contribution in [1.29, 1.82) is 0 Å². The van der Waals surface area contributed by atoms with E-state index >= 15 is 0 Å². The normalized spacial score (nSPS) is 23.4. The number of hydrogen-bond donors (Lipinski definition) is 1. The maximum Gasteiger partial charge on any atom is 0.153 e. The van der Waals surface area contributed by atoms with Crippen LogP contribution in [0.3, 0.4) is 0 Å². The molecule has 1 aliphatic heterocycles. The van der Waals surface area contributed by atoms with Crippen LogP contribution < -0.4 is 5.73 Å². The van der Waals surface area contributed by atoms with Gasteiger partial charge in [0, 0.05) is 0 Å². The molecule has 1 aliphatic rings. The molecule has 1 fully saturated rings. The Morgan fingerprint density at radius 1 is 1.44 bits per heavy atom. The number of rotatable bonds is 2. The summed E-state index contributed by atoms with van der Waals surface area (Å²) in [6.45, 7) is 0. The van der Waals surface area contributed by atoms with Crippen molar-refractivity contribution < 1.29 is 12.8 Å². The van der Waals surface area contributed by atoms with Crippen LogP contribution >= 0.6 is 0 Å². The average molecular weight is 243 g/mol. The lowest BCUT2D eigenvalue weighted by Gasteiger charge is -2.11. The SMILES string of the molecule is Nc1c(F)cccc1CC1CCCS1(=O)=O. The summed E-state index contributed by atoms with van der Waals surface area (Å²) >= 11 is 0. The second-order valence-electron chi connectivity index (χ2n) is 4.15. The molecular formula is C11H14FNO2S. The van der Waals surface area contributed by atoms with Crippen molar-refractivity contribution >= 4 is 15.5 Å². The zero-order chi connectivity index (χ0) is 11.8. The van der Waals surface area contributed by atoms with Crippen molar-refractivity contribution in [1.82, 2.24) is 0 Å². The van der Waals surface area contributed by atoms with E-state index in [4.69, 9.17) is 5.73 Å². The highest BCUT2D eigenvalue weighted by Crippen LogP contribution is 2.26. The molecule has 1 saturated heterocycles. The lowest BCUT2D eigenvalue weighted by Crippen LogP contribution is -2.19. The molecule has 0 aromatic heterocycles. The van der Waals surface area contributed by atoms with Gasteiger partial charge in [0.2, 0.25) is 0 Å². The zero-order valence-electron chi connectivity index (χ0n) is 8.82. The minimum atomic E-state index is -2.99. The van der Waals surface area contributed by atoms with Gasteiger partial charge in [0.15, 0.2) is 9.84 Å². The van der Waals surface area contributed by atoms with Crippen LogP contribution in [0.1, 0.15) is 18.4 Å². The van der Waals surface area contributed by atoms with Crippen molar-refractivity contribution in [3.8, 4) is 0 Å². The van der Waals surface area contributed by atoms with Crippen LogP contribution in [0, 0.1) is 5.82 Å². The highest BCUT2D eigenvalue weighted by Gasteiger charge is 2.31. The van der Waals surface area contributed by atoms with Crippen molar-refractivity contribution in [3.63, 3.8) is 0 Å². The largest absolute Gasteiger partial charge is 0.396 e. The highest BCUT2D eigenvalue weighted by atomic mass is 32.2. The monoisotopic (exact) mass is 243 g/mol. The van der Waals surface area contributed by atoms with Gasteiger partial charge in [0.1, 0.15) is 5.82 Å². The number of hydrogen-bond acceptors (Lipinski definition) is 3. The summed E-state index contributed by atoms with van der Waals surface area (Å²) in [5.41, 5.74) is 6.25. The molecule has 0 saturated carbocycles. The second kappa shape index (κ2) is 4.05. The lowest BCUT2D eigenvalue weighted by atomic mass is 10.1. The van der Waals surface area contributed by atoms with Crippen LogP contribution in [0.25, 0.3) is 0 Å². The third-order valence-corrected chi connectivity index (χ3v) is 5.33. The molecule has 1 aromatic carbocycles. The second-order valence-corrected chi connectivity index (χ2v) is 6.55. The number of para-hydroxylation sites is 1. The van der Waals surface area contributed by atoms with Gasteiger partial charge >= 0.3 is 0 Å². The Morgan fingerprint density at radius 2 is 2.19 bits per heavy atom. The molecule has 0 bridgehead atoms. The molecule has 2 N–H and O–H groups in total. The van der Waals surface area contributed by atoms with E-state index in [1.807, 2.05) is 0 Å². The fourth-order valence-electron chi connectivity index (χ4n) is 2.09. The predicted octanol–water partition coefficient (Wildman–Crippen LogP) is 1.53. The van der Waals surface area contributed by atoms with Gasteiger partial charge < -0.3 is 5.73 Å². The predicted molar refractivity (Wildman–Crippen MR) is 61.3 cm³/mol. The van der Waals surface area contributed by atoms with Gasteiger partial charge in [0.05, 0.1) is 16.7 Å². The van der Waals surface area contributed by atoms with Gasteiger partial charge in [-0.15, -0.1) is 0 Å². The van der Waals surface area contributed by atoms with Crippen LogP contribution in [0.2, 0.25) is 0 Å². The van der Waals surface area contributed by atoms with E-state index in [2.05, 4.69) is 0 Å². The lowest BCUT2D eigenvalue weighted by molar-refractivity contribution is 0.587. The molecule has 88 valence electrons. The van der Waals surface area contributed by atoms with Gasteiger partial charge in [-0.25, -0.2) is 12.8 Å². The van der Waals surface area contributed by atoms with Crippen LogP contribution in [-0.2, 0) is 16.3 Å². The molecule has 2 rings (SSSR count). The smallest absolute Gasteiger partial charge is 0.153 e. The van der Waals surface area contributed by atoms with E-state index in [0.29, 0.717) is 24.8 Å². The first-order valence-corrected chi connectivity index (χ1v) is 6.96. The summed E-state index contributed by atoms with van der Waals surface area (Å²) in [5.74, 6) is -0.236. The fraction of sp³-hybridized carbons (Fsp3) is 0.455. The number of nitrogen functional groups attached to an aromatic ring is 1. The molecule has 0 radical (unpaired) electrons. The van der Waals surface area contributed by atoms with Crippen molar-refractivity contribution in [3.05, 3.63) is 29.6 Å². The van der Waals surface area contributed by atoms with Crippen molar-refractivity contribution in [2.45, 2.75) is 24.5 Å². The standard InChI is InChI=1S/C11H14FNO2S/c12-10-5-1-3-8(11(10)13)7-9-4-2-6-16(9,14)15/h1,3,5,9H,2,4,6-7,13H2. The van der Waals surface area contributed by atoms with Gasteiger partial charge in [-0.05, 0) is 30.9 Å². The Hall–Kier alpha value is -1.10. The number of benzene rings is 1. The molecule has 1 unspecified atom stereocenters. The average Bonchev–Trinajstić information content (AvgIpc) is 2.54. The first kappa shape index (κ1) is 11.4. The van der Waals surface area contributed by atoms with Gasteiger partial charge in [-0.3, -0.25) is 0 Å². The molecule has 1 aromatic rings. The summed E-state index contributed by atoms with van der Waals surface area (Å²) in [5, 5.41) is -0.392. The Morgan fingerprint density at radius 3 is 2.81 bits per heavy atom. The maximum atomic E-state index is 13.2. The van der Waals surface area contributed by atoms with E-state index in [9.17, 15) is 12.8 Å². The number of sulfone groups is 1. The Kier molecular flexibility index (Phi) is 2.88. The number of anilines is 1. The van der Waals surface area contributed by atoms with E-state index < -0.39 is 20.9 Å². The highest BCUT2D eigenvalue weighted by molar-refractivity contribution is 7.92. The summed E-state index contributed by atoms with van der Waals surface area (Å²) in [7, 11) is -2.99. The summed E-state index contributed by atoms with van der Waals surface area (Å²) in [6.07, 6.45) is 1.67.